The van der Waals surface area contributed by atoms with E-state index in [9.17, 15) is 9.59 Å². The quantitative estimate of drug-likeness (QED) is 0.263. The van der Waals surface area contributed by atoms with E-state index in [0.717, 1.165) is 19.3 Å². The average molecular weight is 480 g/mol. The van der Waals surface area contributed by atoms with Crippen LogP contribution in [0.4, 0.5) is 5.69 Å². The summed E-state index contributed by atoms with van der Waals surface area (Å²) in [4.78, 5) is 30.7. The van der Waals surface area contributed by atoms with E-state index >= 15 is 0 Å². The van der Waals surface area contributed by atoms with E-state index < -0.39 is 0 Å². The standard InChI is InChI=1S/C26H29N3O4S/c1-32-20-14-19(15-21(16-20)33-2)27-24(30)17-34-26-28-23-11-7-6-10-22(23)25(31)29(26)13-12-18-8-4-3-5-9-18/h6-8,10-11,14-16H,3-5,9,12-13,17H2,1-2H3,(H,27,30). The molecule has 1 aromatic heterocycles. The number of thioether (sulfide) groups is 1. The van der Waals surface area contributed by atoms with Gasteiger partial charge in [-0.3, -0.25) is 14.2 Å². The highest BCUT2D eigenvalue weighted by atomic mass is 32.2. The number of methoxy groups -OCH3 is 2. The van der Waals surface area contributed by atoms with Crippen molar-refractivity contribution in [3.05, 3.63) is 64.5 Å². The highest BCUT2D eigenvalue weighted by Crippen LogP contribution is 2.27. The Bertz CT molecular complexity index is 1250. The number of aromatic nitrogens is 2. The van der Waals surface area contributed by atoms with Crippen LogP contribution in [0.5, 0.6) is 11.5 Å². The van der Waals surface area contributed by atoms with Crippen molar-refractivity contribution >= 4 is 34.3 Å². The van der Waals surface area contributed by atoms with Crippen molar-refractivity contribution in [2.75, 3.05) is 25.3 Å². The van der Waals surface area contributed by atoms with Crippen LogP contribution in [-0.2, 0) is 11.3 Å². The number of ether oxygens (including phenoxy) is 2. The zero-order valence-corrected chi connectivity index (χ0v) is 20.3. The summed E-state index contributed by atoms with van der Waals surface area (Å²) < 4.78 is 12.2. The van der Waals surface area contributed by atoms with E-state index in [1.54, 1.807) is 43.1 Å². The Balaban J connectivity index is 1.52. The van der Waals surface area contributed by atoms with E-state index in [-0.39, 0.29) is 17.2 Å². The number of hydrogen-bond donors (Lipinski definition) is 1. The second kappa shape index (κ2) is 11.2. The maximum atomic E-state index is 13.3. The van der Waals surface area contributed by atoms with Crippen LogP contribution < -0.4 is 20.3 Å². The molecule has 0 fully saturated rings. The number of anilines is 1. The van der Waals surface area contributed by atoms with Crippen LogP contribution in [0.1, 0.15) is 32.1 Å². The molecule has 8 heteroatoms. The molecular formula is C26H29N3O4S. The molecule has 0 saturated heterocycles. The van der Waals surface area contributed by atoms with Crippen LogP contribution >= 0.6 is 11.8 Å². The zero-order valence-electron chi connectivity index (χ0n) is 19.5. The summed E-state index contributed by atoms with van der Waals surface area (Å²) in [5.74, 6) is 1.09. The third kappa shape index (κ3) is 5.80. The Kier molecular flexibility index (Phi) is 7.90. The summed E-state index contributed by atoms with van der Waals surface area (Å²) >= 11 is 1.27. The molecule has 178 valence electrons. The van der Waals surface area contributed by atoms with E-state index in [1.807, 2.05) is 18.2 Å². The molecule has 4 rings (SSSR count). The molecule has 0 spiro atoms. The van der Waals surface area contributed by atoms with Gasteiger partial charge in [-0.1, -0.05) is 35.5 Å². The third-order valence-electron chi connectivity index (χ3n) is 5.84. The van der Waals surface area contributed by atoms with Gasteiger partial charge in [0.25, 0.3) is 5.56 Å². The number of amides is 1. The predicted molar refractivity (Wildman–Crippen MR) is 136 cm³/mol. The van der Waals surface area contributed by atoms with Crippen LogP contribution in [0, 0.1) is 0 Å². The maximum absolute atomic E-state index is 13.3. The molecule has 0 atom stereocenters. The summed E-state index contributed by atoms with van der Waals surface area (Å²) in [6.45, 7) is 0.555. The van der Waals surface area contributed by atoms with E-state index in [1.165, 1.54) is 30.2 Å². The van der Waals surface area contributed by atoms with Gasteiger partial charge in [-0.05, 0) is 44.2 Å². The molecule has 2 aromatic carbocycles. The molecule has 1 aliphatic rings. The second-order valence-electron chi connectivity index (χ2n) is 8.16. The number of rotatable bonds is 9. The van der Waals surface area contributed by atoms with E-state index in [4.69, 9.17) is 14.5 Å². The van der Waals surface area contributed by atoms with Crippen molar-refractivity contribution in [2.24, 2.45) is 0 Å². The Morgan fingerprint density at radius 3 is 2.59 bits per heavy atom. The molecule has 34 heavy (non-hydrogen) atoms. The molecule has 0 unspecified atom stereocenters. The van der Waals surface area contributed by atoms with Crippen molar-refractivity contribution in [1.82, 2.24) is 9.55 Å². The number of fused-ring (bicyclic) bond motifs is 1. The lowest BCUT2D eigenvalue weighted by molar-refractivity contribution is -0.113. The van der Waals surface area contributed by atoms with Crippen molar-refractivity contribution in [2.45, 2.75) is 43.8 Å². The number of nitrogens with one attached hydrogen (secondary N) is 1. The molecule has 0 bridgehead atoms. The Morgan fingerprint density at radius 2 is 1.88 bits per heavy atom. The number of hydrogen-bond acceptors (Lipinski definition) is 6. The number of benzene rings is 2. The molecule has 1 N–H and O–H groups in total. The van der Waals surface area contributed by atoms with E-state index in [2.05, 4.69) is 11.4 Å². The summed E-state index contributed by atoms with van der Waals surface area (Å²) in [7, 11) is 3.12. The van der Waals surface area contributed by atoms with Gasteiger partial charge in [0.2, 0.25) is 5.91 Å². The van der Waals surface area contributed by atoms with Crippen LogP contribution in [0.3, 0.4) is 0 Å². The molecule has 0 aliphatic heterocycles. The monoisotopic (exact) mass is 479 g/mol. The van der Waals surface area contributed by atoms with Gasteiger partial charge in [-0.25, -0.2) is 4.98 Å². The minimum absolute atomic E-state index is 0.0672. The third-order valence-corrected chi connectivity index (χ3v) is 6.81. The largest absolute Gasteiger partial charge is 0.497 e. The minimum Gasteiger partial charge on any atom is -0.497 e. The number of carbonyl (C=O) groups excluding carboxylic acids is 1. The van der Waals surface area contributed by atoms with Gasteiger partial charge in [0.15, 0.2) is 5.16 Å². The van der Waals surface area contributed by atoms with Gasteiger partial charge in [-0.15, -0.1) is 0 Å². The van der Waals surface area contributed by atoms with Gasteiger partial charge in [-0.2, -0.15) is 0 Å². The first-order chi connectivity index (χ1) is 16.6. The first-order valence-electron chi connectivity index (χ1n) is 11.4. The summed E-state index contributed by atoms with van der Waals surface area (Å²) in [5.41, 5.74) is 2.55. The minimum atomic E-state index is -0.204. The maximum Gasteiger partial charge on any atom is 0.262 e. The van der Waals surface area contributed by atoms with Crippen LogP contribution in [0.15, 0.2) is 64.1 Å². The first-order valence-corrected chi connectivity index (χ1v) is 12.4. The highest BCUT2D eigenvalue weighted by Gasteiger charge is 2.15. The second-order valence-corrected chi connectivity index (χ2v) is 9.11. The van der Waals surface area contributed by atoms with Crippen molar-refractivity contribution in [3.8, 4) is 11.5 Å². The normalized spacial score (nSPS) is 13.4. The van der Waals surface area contributed by atoms with Crippen LogP contribution in [0.25, 0.3) is 10.9 Å². The molecule has 1 aliphatic carbocycles. The fraction of sp³-hybridized carbons (Fsp3) is 0.346. The Labute approximate surface area is 203 Å². The molecule has 0 radical (unpaired) electrons. The smallest absolute Gasteiger partial charge is 0.262 e. The van der Waals surface area contributed by atoms with Crippen LogP contribution in [0.2, 0.25) is 0 Å². The fourth-order valence-electron chi connectivity index (χ4n) is 4.05. The van der Waals surface area contributed by atoms with Gasteiger partial charge in [0.05, 0.1) is 30.9 Å². The lowest BCUT2D eigenvalue weighted by Crippen LogP contribution is -2.24. The Hall–Kier alpha value is -3.26. The zero-order chi connectivity index (χ0) is 23.9. The number of carbonyl (C=O) groups is 1. The SMILES string of the molecule is COc1cc(NC(=O)CSc2nc3ccccc3c(=O)n2CCC2=CCCCC2)cc(OC)c1. The lowest BCUT2D eigenvalue weighted by Gasteiger charge is -2.16. The highest BCUT2D eigenvalue weighted by molar-refractivity contribution is 7.99. The number of nitrogens with zero attached hydrogens (tertiary/aromatic N) is 2. The number of allylic oxidation sites excluding steroid dienone is 2. The molecular weight excluding hydrogens is 450 g/mol. The topological polar surface area (TPSA) is 82.5 Å². The average Bonchev–Trinajstić information content (AvgIpc) is 2.87. The van der Waals surface area contributed by atoms with Crippen molar-refractivity contribution < 1.29 is 14.3 Å². The van der Waals surface area contributed by atoms with Gasteiger partial charge >= 0.3 is 0 Å². The summed E-state index contributed by atoms with van der Waals surface area (Å²) in [6, 6.07) is 12.5. The van der Waals surface area contributed by atoms with Crippen molar-refractivity contribution in [3.63, 3.8) is 0 Å². The van der Waals surface area contributed by atoms with Crippen molar-refractivity contribution in [1.29, 1.82) is 0 Å². The van der Waals surface area contributed by atoms with Gasteiger partial charge in [0.1, 0.15) is 11.5 Å². The Morgan fingerprint density at radius 1 is 1.12 bits per heavy atom. The molecule has 0 saturated carbocycles. The summed E-state index contributed by atoms with van der Waals surface area (Å²) in [5, 5.41) is 4.02. The van der Waals surface area contributed by atoms with Gasteiger partial charge < -0.3 is 14.8 Å². The van der Waals surface area contributed by atoms with Gasteiger partial charge in [0, 0.05) is 30.4 Å². The summed E-state index contributed by atoms with van der Waals surface area (Å²) in [6.07, 6.45) is 7.75. The lowest BCUT2D eigenvalue weighted by atomic mass is 9.97. The van der Waals surface area contributed by atoms with Crippen LogP contribution in [-0.4, -0.2) is 35.4 Å². The van der Waals surface area contributed by atoms with E-state index in [0.29, 0.717) is 39.8 Å². The molecule has 1 amide bonds. The molecule has 1 heterocycles. The number of para-hydroxylation sites is 1. The molecule has 7 nitrogen and oxygen atoms in total. The predicted octanol–water partition coefficient (Wildman–Crippen LogP) is 5.04. The molecule has 3 aromatic rings. The first kappa shape index (κ1) is 23.9. The fourth-order valence-corrected chi connectivity index (χ4v) is 4.87.